The van der Waals surface area contributed by atoms with Gasteiger partial charge in [0.05, 0.1) is 18.1 Å². The van der Waals surface area contributed by atoms with Gasteiger partial charge < -0.3 is 9.64 Å². The Bertz CT molecular complexity index is 465. The van der Waals surface area contributed by atoms with Crippen molar-refractivity contribution in [1.82, 2.24) is 0 Å². The van der Waals surface area contributed by atoms with Gasteiger partial charge in [-0.2, -0.15) is 0 Å². The summed E-state index contributed by atoms with van der Waals surface area (Å²) in [6, 6.07) is 5.98. The third-order valence-corrected chi connectivity index (χ3v) is 3.01. The number of ether oxygens (including phenoxy) is 1. The molecule has 1 heterocycles. The maximum absolute atomic E-state index is 10.3. The molecule has 96 valence electrons. The fourth-order valence-corrected chi connectivity index (χ4v) is 2.01. The second kappa shape index (κ2) is 5.64. The van der Waals surface area contributed by atoms with E-state index in [0.29, 0.717) is 0 Å². The monoisotopic (exact) mass is 248 g/mol. The molecule has 2 rings (SSSR count). The molecule has 0 radical (unpaired) electrons. The van der Waals surface area contributed by atoms with Crippen molar-refractivity contribution in [3.05, 3.63) is 45.6 Å². The summed E-state index contributed by atoms with van der Waals surface area (Å²) >= 11 is 0. The van der Waals surface area contributed by atoms with Crippen LogP contribution in [0.3, 0.4) is 0 Å². The smallest absolute Gasteiger partial charge is 0.235 e. The SMILES string of the molecule is Cc1cc(N2CCOCC2)ccc1C=C[N+](=O)[O-]. The van der Waals surface area contributed by atoms with E-state index in [2.05, 4.69) is 11.0 Å². The quantitative estimate of drug-likeness (QED) is 0.607. The molecule has 0 spiro atoms. The Kier molecular flexibility index (Phi) is 3.94. The van der Waals surface area contributed by atoms with Crippen molar-refractivity contribution in [2.75, 3.05) is 31.2 Å². The van der Waals surface area contributed by atoms with E-state index in [1.807, 2.05) is 19.1 Å². The van der Waals surface area contributed by atoms with Gasteiger partial charge in [0.15, 0.2) is 0 Å². The Morgan fingerprint density at radius 1 is 1.39 bits per heavy atom. The standard InChI is InChI=1S/C13H16N2O3/c1-11-10-13(14-6-8-18-9-7-14)3-2-12(11)4-5-15(16)17/h2-5,10H,6-9H2,1H3. The van der Waals surface area contributed by atoms with Crippen LogP contribution in [-0.2, 0) is 4.74 Å². The normalized spacial score (nSPS) is 16.2. The van der Waals surface area contributed by atoms with Crippen LogP contribution in [0.5, 0.6) is 0 Å². The third kappa shape index (κ3) is 3.07. The highest BCUT2D eigenvalue weighted by Gasteiger charge is 2.11. The minimum absolute atomic E-state index is 0.449. The number of rotatable bonds is 3. The van der Waals surface area contributed by atoms with Gasteiger partial charge in [0, 0.05) is 24.9 Å². The van der Waals surface area contributed by atoms with Gasteiger partial charge in [0.1, 0.15) is 0 Å². The molecule has 5 heteroatoms. The van der Waals surface area contributed by atoms with Gasteiger partial charge in [-0.25, -0.2) is 0 Å². The predicted octanol–water partition coefficient (Wildman–Crippen LogP) is 2.08. The van der Waals surface area contributed by atoms with Crippen LogP contribution in [0.4, 0.5) is 5.69 Å². The van der Waals surface area contributed by atoms with Gasteiger partial charge >= 0.3 is 0 Å². The second-order valence-electron chi connectivity index (χ2n) is 4.24. The average molecular weight is 248 g/mol. The first-order valence-corrected chi connectivity index (χ1v) is 5.92. The first kappa shape index (κ1) is 12.6. The molecular weight excluding hydrogens is 232 g/mol. The van der Waals surface area contributed by atoms with Crippen molar-refractivity contribution in [2.24, 2.45) is 0 Å². The number of hydrogen-bond acceptors (Lipinski definition) is 4. The highest BCUT2D eigenvalue weighted by molar-refractivity contribution is 5.59. The summed E-state index contributed by atoms with van der Waals surface area (Å²) in [5.41, 5.74) is 3.06. The lowest BCUT2D eigenvalue weighted by molar-refractivity contribution is -0.400. The van der Waals surface area contributed by atoms with Crippen LogP contribution >= 0.6 is 0 Å². The zero-order valence-electron chi connectivity index (χ0n) is 10.3. The van der Waals surface area contributed by atoms with E-state index in [1.165, 1.54) is 6.08 Å². The average Bonchev–Trinajstić information content (AvgIpc) is 2.38. The Labute approximate surface area is 106 Å². The Hall–Kier alpha value is -1.88. The van der Waals surface area contributed by atoms with E-state index >= 15 is 0 Å². The summed E-state index contributed by atoms with van der Waals surface area (Å²) in [7, 11) is 0. The molecule has 1 aromatic carbocycles. The molecule has 5 nitrogen and oxygen atoms in total. The third-order valence-electron chi connectivity index (χ3n) is 3.01. The summed E-state index contributed by atoms with van der Waals surface area (Å²) in [6.45, 7) is 5.25. The van der Waals surface area contributed by atoms with Crippen molar-refractivity contribution in [1.29, 1.82) is 0 Å². The van der Waals surface area contributed by atoms with Crippen LogP contribution in [-0.4, -0.2) is 31.2 Å². The number of nitro groups is 1. The molecular formula is C13H16N2O3. The largest absolute Gasteiger partial charge is 0.378 e. The van der Waals surface area contributed by atoms with Crippen molar-refractivity contribution in [3.8, 4) is 0 Å². The van der Waals surface area contributed by atoms with Crippen LogP contribution in [0.25, 0.3) is 6.08 Å². The van der Waals surface area contributed by atoms with E-state index in [1.54, 1.807) is 0 Å². The van der Waals surface area contributed by atoms with Crippen LogP contribution in [0.15, 0.2) is 24.4 Å². The molecule has 0 saturated carbocycles. The molecule has 0 aromatic heterocycles. The van der Waals surface area contributed by atoms with Gasteiger partial charge in [-0.1, -0.05) is 6.07 Å². The van der Waals surface area contributed by atoms with Crippen LogP contribution in [0.2, 0.25) is 0 Å². The number of anilines is 1. The maximum Gasteiger partial charge on any atom is 0.235 e. The number of hydrogen-bond donors (Lipinski definition) is 0. The Morgan fingerprint density at radius 2 is 2.11 bits per heavy atom. The van der Waals surface area contributed by atoms with Crippen LogP contribution in [0.1, 0.15) is 11.1 Å². The van der Waals surface area contributed by atoms with Gasteiger partial charge in [0.25, 0.3) is 0 Å². The van der Waals surface area contributed by atoms with Gasteiger partial charge in [-0.15, -0.1) is 0 Å². The van der Waals surface area contributed by atoms with Gasteiger partial charge in [0.2, 0.25) is 6.20 Å². The van der Waals surface area contributed by atoms with E-state index < -0.39 is 4.92 Å². The molecule has 0 N–H and O–H groups in total. The summed E-state index contributed by atoms with van der Waals surface area (Å²) in [6.07, 6.45) is 2.50. The fourth-order valence-electron chi connectivity index (χ4n) is 2.01. The zero-order chi connectivity index (χ0) is 13.0. The molecule has 1 aromatic rings. The summed E-state index contributed by atoms with van der Waals surface area (Å²) in [5.74, 6) is 0. The molecule has 0 bridgehead atoms. The van der Waals surface area contributed by atoms with E-state index in [-0.39, 0.29) is 0 Å². The Balaban J connectivity index is 2.16. The molecule has 0 amide bonds. The lowest BCUT2D eigenvalue weighted by Gasteiger charge is -2.29. The molecule has 18 heavy (non-hydrogen) atoms. The lowest BCUT2D eigenvalue weighted by Crippen LogP contribution is -2.36. The van der Waals surface area contributed by atoms with Gasteiger partial charge in [-0.05, 0) is 30.2 Å². The van der Waals surface area contributed by atoms with Crippen molar-refractivity contribution >= 4 is 11.8 Å². The molecule has 0 unspecified atom stereocenters. The first-order valence-electron chi connectivity index (χ1n) is 5.92. The topological polar surface area (TPSA) is 55.6 Å². The van der Waals surface area contributed by atoms with Crippen LogP contribution in [0, 0.1) is 17.0 Å². The predicted molar refractivity (Wildman–Crippen MR) is 70.2 cm³/mol. The molecule has 1 aliphatic rings. The van der Waals surface area contributed by atoms with Crippen LogP contribution < -0.4 is 4.90 Å². The molecule has 1 aliphatic heterocycles. The van der Waals surface area contributed by atoms with E-state index in [0.717, 1.165) is 49.3 Å². The minimum Gasteiger partial charge on any atom is -0.378 e. The minimum atomic E-state index is -0.449. The molecule has 0 aliphatic carbocycles. The summed E-state index contributed by atoms with van der Waals surface area (Å²) in [4.78, 5) is 12.1. The Morgan fingerprint density at radius 3 is 2.72 bits per heavy atom. The first-order chi connectivity index (χ1) is 8.66. The summed E-state index contributed by atoms with van der Waals surface area (Å²) in [5, 5.41) is 10.3. The van der Waals surface area contributed by atoms with Crippen molar-refractivity contribution in [3.63, 3.8) is 0 Å². The highest BCUT2D eigenvalue weighted by Crippen LogP contribution is 2.21. The maximum atomic E-state index is 10.3. The van der Waals surface area contributed by atoms with Crippen molar-refractivity contribution in [2.45, 2.75) is 6.92 Å². The van der Waals surface area contributed by atoms with Crippen molar-refractivity contribution < 1.29 is 9.66 Å². The lowest BCUT2D eigenvalue weighted by atomic mass is 10.1. The fraction of sp³-hybridized carbons (Fsp3) is 0.385. The zero-order valence-corrected chi connectivity index (χ0v) is 10.3. The number of aryl methyl sites for hydroxylation is 1. The number of morpholine rings is 1. The molecule has 1 fully saturated rings. The van der Waals surface area contributed by atoms with E-state index in [4.69, 9.17) is 4.74 Å². The van der Waals surface area contributed by atoms with Gasteiger partial charge in [-0.3, -0.25) is 10.1 Å². The highest BCUT2D eigenvalue weighted by atomic mass is 16.6. The molecule has 0 atom stereocenters. The number of benzene rings is 1. The second-order valence-corrected chi connectivity index (χ2v) is 4.24. The molecule has 1 saturated heterocycles. The number of nitrogens with zero attached hydrogens (tertiary/aromatic N) is 2. The van der Waals surface area contributed by atoms with E-state index in [9.17, 15) is 10.1 Å². The summed E-state index contributed by atoms with van der Waals surface area (Å²) < 4.78 is 5.31.